The lowest BCUT2D eigenvalue weighted by molar-refractivity contribution is 0.792. The zero-order valence-corrected chi connectivity index (χ0v) is 19.1. The minimum atomic E-state index is -1.25. The molecule has 0 heterocycles. The summed E-state index contributed by atoms with van der Waals surface area (Å²) in [6.45, 7) is 11.9. The molecule has 0 amide bonds. The van der Waals surface area contributed by atoms with Crippen LogP contribution in [0.3, 0.4) is 0 Å². The smallest absolute Gasteiger partial charge is 0.0654 e. The molecular formula is C18H26I2Si. The fourth-order valence-corrected chi connectivity index (χ4v) is 4.78. The van der Waals surface area contributed by atoms with Gasteiger partial charge in [0.1, 0.15) is 0 Å². The van der Waals surface area contributed by atoms with Crippen molar-refractivity contribution in [3.05, 3.63) is 50.2 Å². The van der Waals surface area contributed by atoms with Crippen molar-refractivity contribution in [1.82, 2.24) is 0 Å². The molecule has 0 radical (unpaired) electrons. The topological polar surface area (TPSA) is 0 Å². The highest BCUT2D eigenvalue weighted by atomic mass is 127. The molecule has 0 aliphatic carbocycles. The fraction of sp³-hybridized carbons (Fsp3) is 0.444. The third-order valence-corrected chi connectivity index (χ3v) is 12.1. The summed E-state index contributed by atoms with van der Waals surface area (Å²) < 4.78 is 3.03. The molecule has 116 valence electrons. The molecule has 1 aromatic carbocycles. The Kier molecular flexibility index (Phi) is 8.20. The van der Waals surface area contributed by atoms with Gasteiger partial charge in [-0.1, -0.05) is 85.9 Å². The number of hydrogen-bond donors (Lipinski definition) is 0. The van der Waals surface area contributed by atoms with Crippen molar-refractivity contribution in [3.63, 3.8) is 0 Å². The van der Waals surface area contributed by atoms with E-state index in [-0.39, 0.29) is 0 Å². The minimum absolute atomic E-state index is 1.21. The van der Waals surface area contributed by atoms with E-state index in [0.717, 1.165) is 0 Å². The second-order valence-electron chi connectivity index (χ2n) is 6.45. The zero-order chi connectivity index (χ0) is 16.0. The van der Waals surface area contributed by atoms with Crippen LogP contribution in [0.2, 0.25) is 19.6 Å². The van der Waals surface area contributed by atoms with Crippen LogP contribution in [0.5, 0.6) is 0 Å². The molecule has 1 aromatic rings. The summed E-state index contributed by atoms with van der Waals surface area (Å²) >= 11 is 5.14. The quantitative estimate of drug-likeness (QED) is 0.204. The Balaban J connectivity index is 3.32. The van der Waals surface area contributed by atoms with Gasteiger partial charge in [-0.15, -0.1) is 0 Å². The van der Waals surface area contributed by atoms with Crippen molar-refractivity contribution in [2.75, 3.05) is 0 Å². The van der Waals surface area contributed by atoms with E-state index < -0.39 is 8.07 Å². The maximum atomic E-state index is 2.62. The lowest BCUT2D eigenvalue weighted by Crippen LogP contribution is -2.22. The number of rotatable bonds is 6. The van der Waals surface area contributed by atoms with Crippen LogP contribution in [0.4, 0.5) is 0 Å². The molecule has 0 aromatic heterocycles. The second-order valence-corrected chi connectivity index (χ2v) is 14.6. The molecule has 0 nitrogen and oxygen atoms in total. The van der Waals surface area contributed by atoms with Gasteiger partial charge >= 0.3 is 0 Å². The van der Waals surface area contributed by atoms with Gasteiger partial charge in [-0.05, 0) is 62.3 Å². The molecule has 0 aliphatic rings. The van der Waals surface area contributed by atoms with Crippen molar-refractivity contribution in [2.24, 2.45) is 0 Å². The summed E-state index contributed by atoms with van der Waals surface area (Å²) in [7, 11) is -1.25. The summed E-state index contributed by atoms with van der Waals surface area (Å²) in [4.78, 5) is 0. The SMILES string of the molecule is CCCCC(/C(C)=C(\I)c1ccccc1)=C(/I)[Si](C)(C)C. The average molecular weight is 524 g/mol. The molecule has 21 heavy (non-hydrogen) atoms. The predicted octanol–water partition coefficient (Wildman–Crippen LogP) is 7.61. The van der Waals surface area contributed by atoms with E-state index in [9.17, 15) is 0 Å². The highest BCUT2D eigenvalue weighted by Gasteiger charge is 2.22. The predicted molar refractivity (Wildman–Crippen MR) is 117 cm³/mol. The van der Waals surface area contributed by atoms with E-state index in [1.807, 2.05) is 0 Å². The Hall–Kier alpha value is 0.377. The van der Waals surface area contributed by atoms with Crippen LogP contribution >= 0.6 is 45.2 Å². The van der Waals surface area contributed by atoms with Crippen molar-refractivity contribution in [2.45, 2.75) is 52.8 Å². The Morgan fingerprint density at radius 2 is 1.62 bits per heavy atom. The molecule has 0 bridgehead atoms. The highest BCUT2D eigenvalue weighted by Crippen LogP contribution is 2.37. The Morgan fingerprint density at radius 3 is 2.10 bits per heavy atom. The van der Waals surface area contributed by atoms with Crippen LogP contribution in [0.15, 0.2) is 44.7 Å². The monoisotopic (exact) mass is 524 g/mol. The van der Waals surface area contributed by atoms with Gasteiger partial charge in [0.05, 0.1) is 8.07 Å². The first-order valence-corrected chi connectivity index (χ1v) is 13.3. The normalized spacial score (nSPS) is 14.6. The van der Waals surface area contributed by atoms with Gasteiger partial charge in [0.25, 0.3) is 0 Å². The number of hydrogen-bond acceptors (Lipinski definition) is 0. The molecule has 1 rings (SSSR count). The maximum Gasteiger partial charge on any atom is 0.0858 e. The lowest BCUT2D eigenvalue weighted by Gasteiger charge is -2.22. The molecule has 0 fully saturated rings. The maximum absolute atomic E-state index is 2.62. The number of allylic oxidation sites excluding steroid dienone is 2. The molecule has 0 N–H and O–H groups in total. The van der Waals surface area contributed by atoms with Gasteiger partial charge in [0, 0.05) is 3.58 Å². The zero-order valence-electron chi connectivity index (χ0n) is 13.8. The van der Waals surface area contributed by atoms with Crippen LogP contribution in [-0.4, -0.2) is 8.07 Å². The van der Waals surface area contributed by atoms with E-state index in [1.54, 1.807) is 8.78 Å². The average Bonchev–Trinajstić information content (AvgIpc) is 2.46. The molecule has 0 atom stereocenters. The van der Waals surface area contributed by atoms with Gasteiger partial charge < -0.3 is 0 Å². The molecule has 0 saturated heterocycles. The first-order chi connectivity index (χ1) is 9.79. The lowest BCUT2D eigenvalue weighted by atomic mass is 10.0. The van der Waals surface area contributed by atoms with Crippen LogP contribution in [0, 0.1) is 0 Å². The van der Waals surface area contributed by atoms with E-state index in [2.05, 4.69) is 109 Å². The summed E-state index contributed by atoms with van der Waals surface area (Å²) in [6, 6.07) is 10.8. The van der Waals surface area contributed by atoms with E-state index in [4.69, 9.17) is 0 Å². The Morgan fingerprint density at radius 1 is 1.05 bits per heavy atom. The molecule has 3 heteroatoms. The summed E-state index contributed by atoms with van der Waals surface area (Å²) in [5, 5.41) is 0. The largest absolute Gasteiger partial charge is 0.0858 e. The van der Waals surface area contributed by atoms with E-state index in [0.29, 0.717) is 0 Å². The molecule has 0 aliphatic heterocycles. The van der Waals surface area contributed by atoms with Crippen molar-refractivity contribution >= 4 is 56.8 Å². The Bertz CT molecular complexity index is 522. The molecule has 0 saturated carbocycles. The van der Waals surface area contributed by atoms with Crippen molar-refractivity contribution < 1.29 is 0 Å². The molecular weight excluding hydrogens is 498 g/mol. The molecule has 0 unspecified atom stereocenters. The minimum Gasteiger partial charge on any atom is -0.0654 e. The van der Waals surface area contributed by atoms with Gasteiger partial charge in [0.15, 0.2) is 0 Å². The van der Waals surface area contributed by atoms with Crippen molar-refractivity contribution in [1.29, 1.82) is 0 Å². The second kappa shape index (κ2) is 8.87. The number of unbranched alkanes of at least 4 members (excludes halogenated alkanes) is 1. The van der Waals surface area contributed by atoms with Crippen LogP contribution < -0.4 is 0 Å². The third kappa shape index (κ3) is 5.82. The van der Waals surface area contributed by atoms with Crippen LogP contribution in [0.1, 0.15) is 38.7 Å². The van der Waals surface area contributed by atoms with Gasteiger partial charge in [-0.2, -0.15) is 0 Å². The fourth-order valence-electron chi connectivity index (χ4n) is 2.20. The van der Waals surface area contributed by atoms with Gasteiger partial charge in [-0.3, -0.25) is 0 Å². The van der Waals surface area contributed by atoms with Crippen molar-refractivity contribution in [3.8, 4) is 0 Å². The first kappa shape index (κ1) is 19.4. The van der Waals surface area contributed by atoms with E-state index >= 15 is 0 Å². The van der Waals surface area contributed by atoms with Crippen LogP contribution in [0.25, 0.3) is 3.58 Å². The van der Waals surface area contributed by atoms with E-state index in [1.165, 1.54) is 34.0 Å². The molecule has 0 spiro atoms. The van der Waals surface area contributed by atoms with Crippen LogP contribution in [-0.2, 0) is 0 Å². The third-order valence-electron chi connectivity index (χ3n) is 3.51. The summed E-state index contributed by atoms with van der Waals surface area (Å²) in [5.74, 6) is 0. The standard InChI is InChI=1S/C18H26I2Si/c1-6-7-13-16(18(20)21(3,4)5)14(2)17(19)15-11-9-8-10-12-15/h8-12H,6-7,13H2,1-5H3/b17-14-,18-16+. The first-order valence-electron chi connectivity index (χ1n) is 7.60. The summed E-state index contributed by atoms with van der Waals surface area (Å²) in [5.41, 5.74) is 4.41. The summed E-state index contributed by atoms with van der Waals surface area (Å²) in [6.07, 6.45) is 3.75. The number of benzene rings is 1. The number of halogens is 2. The van der Waals surface area contributed by atoms with Gasteiger partial charge in [0.2, 0.25) is 0 Å². The van der Waals surface area contributed by atoms with Gasteiger partial charge in [-0.25, -0.2) is 0 Å². The Labute approximate surface area is 158 Å². The highest BCUT2D eigenvalue weighted by molar-refractivity contribution is 14.1.